The highest BCUT2D eigenvalue weighted by Gasteiger charge is 2.23. The summed E-state index contributed by atoms with van der Waals surface area (Å²) in [6.45, 7) is 5.90. The molecule has 2 atom stereocenters. The number of halogens is 1. The van der Waals surface area contributed by atoms with E-state index in [2.05, 4.69) is 12.7 Å². The molecule has 1 aliphatic carbocycles. The molecule has 0 spiro atoms. The van der Waals surface area contributed by atoms with Gasteiger partial charge in [-0.15, -0.1) is 11.6 Å². The minimum Gasteiger partial charge on any atom is -0.392 e. The van der Waals surface area contributed by atoms with E-state index in [9.17, 15) is 5.11 Å². The second-order valence-corrected chi connectivity index (χ2v) is 3.72. The third kappa shape index (κ3) is 2.11. The van der Waals surface area contributed by atoms with E-state index in [0.29, 0.717) is 5.88 Å². The minimum absolute atomic E-state index is 0.172. The summed E-state index contributed by atoms with van der Waals surface area (Å²) in [6, 6.07) is 0. The maximum absolute atomic E-state index is 9.68. The van der Waals surface area contributed by atoms with E-state index in [-0.39, 0.29) is 12.0 Å². The Labute approximate surface area is 78.7 Å². The molecule has 0 radical (unpaired) electrons. The van der Waals surface area contributed by atoms with Gasteiger partial charge in [0.15, 0.2) is 0 Å². The minimum atomic E-state index is -0.277. The highest BCUT2D eigenvalue weighted by Crippen LogP contribution is 2.28. The first-order valence-corrected chi connectivity index (χ1v) is 4.76. The van der Waals surface area contributed by atoms with Crippen LogP contribution in [0.2, 0.25) is 0 Å². The van der Waals surface area contributed by atoms with Crippen LogP contribution in [0.3, 0.4) is 0 Å². The number of rotatable bonds is 2. The van der Waals surface area contributed by atoms with E-state index in [1.165, 1.54) is 5.57 Å². The third-order valence-corrected chi connectivity index (χ3v) is 2.76. The smallest absolute Gasteiger partial charge is 0.0645 e. The first kappa shape index (κ1) is 9.82. The molecular weight excluding hydrogens is 172 g/mol. The van der Waals surface area contributed by atoms with Crippen molar-refractivity contribution >= 4 is 11.6 Å². The van der Waals surface area contributed by atoms with E-state index < -0.39 is 0 Å². The zero-order valence-corrected chi connectivity index (χ0v) is 8.14. The first-order chi connectivity index (χ1) is 5.65. The molecule has 0 aliphatic heterocycles. The number of hydrogen-bond donors (Lipinski definition) is 1. The predicted octanol–water partition coefficient (Wildman–Crippen LogP) is 2.50. The molecule has 0 aromatic heterocycles. The van der Waals surface area contributed by atoms with Crippen LogP contribution < -0.4 is 0 Å². The van der Waals surface area contributed by atoms with Crippen molar-refractivity contribution in [1.82, 2.24) is 0 Å². The Bertz CT molecular complexity index is 208. The molecule has 0 bridgehead atoms. The van der Waals surface area contributed by atoms with Gasteiger partial charge < -0.3 is 5.11 Å². The molecule has 2 heteroatoms. The molecule has 0 saturated carbocycles. The summed E-state index contributed by atoms with van der Waals surface area (Å²) in [5.74, 6) is 0.625. The van der Waals surface area contributed by atoms with E-state index >= 15 is 0 Å². The van der Waals surface area contributed by atoms with E-state index in [4.69, 9.17) is 11.6 Å². The quantitative estimate of drug-likeness (QED) is 0.519. The van der Waals surface area contributed by atoms with E-state index in [1.807, 2.05) is 6.92 Å². The Hall–Kier alpha value is -0.270. The lowest BCUT2D eigenvalue weighted by Crippen LogP contribution is -2.25. The summed E-state index contributed by atoms with van der Waals surface area (Å²) in [5, 5.41) is 9.68. The first-order valence-electron chi connectivity index (χ1n) is 4.22. The Morgan fingerprint density at radius 3 is 3.00 bits per heavy atom. The fourth-order valence-corrected chi connectivity index (χ4v) is 1.78. The highest BCUT2D eigenvalue weighted by atomic mass is 35.5. The monoisotopic (exact) mass is 186 g/mol. The number of alkyl halides is 1. The van der Waals surface area contributed by atoms with Crippen LogP contribution in [-0.2, 0) is 0 Å². The summed E-state index contributed by atoms with van der Waals surface area (Å²) in [4.78, 5) is 0. The Morgan fingerprint density at radius 2 is 2.50 bits per heavy atom. The average Bonchev–Trinajstić information content (AvgIpc) is 2.03. The van der Waals surface area contributed by atoms with E-state index in [1.54, 1.807) is 0 Å². The molecule has 1 aliphatic rings. The molecular formula is C10H15ClO. The molecule has 0 saturated heterocycles. The molecule has 0 aromatic carbocycles. The fraction of sp³-hybridized carbons (Fsp3) is 0.600. The molecule has 1 N–H and O–H groups in total. The van der Waals surface area contributed by atoms with Crippen LogP contribution in [0, 0.1) is 5.92 Å². The van der Waals surface area contributed by atoms with Gasteiger partial charge in [0.2, 0.25) is 0 Å². The van der Waals surface area contributed by atoms with Gasteiger partial charge in [-0.2, -0.15) is 0 Å². The molecule has 0 heterocycles. The standard InChI is InChI=1S/C10H15ClO/c1-7-3-4-9(8(2)6-11)10(12)5-7/h3,9-10,12H,2,4-6H2,1H3. The Balaban J connectivity index is 2.63. The van der Waals surface area contributed by atoms with Crippen molar-refractivity contribution in [3.63, 3.8) is 0 Å². The van der Waals surface area contributed by atoms with Gasteiger partial charge in [0.1, 0.15) is 0 Å². The normalized spacial score (nSPS) is 29.8. The van der Waals surface area contributed by atoms with Crippen molar-refractivity contribution < 1.29 is 5.11 Å². The van der Waals surface area contributed by atoms with Crippen molar-refractivity contribution in [1.29, 1.82) is 0 Å². The highest BCUT2D eigenvalue weighted by molar-refractivity contribution is 6.19. The number of hydrogen-bond acceptors (Lipinski definition) is 1. The van der Waals surface area contributed by atoms with Crippen LogP contribution in [0.15, 0.2) is 23.8 Å². The zero-order valence-electron chi connectivity index (χ0n) is 7.39. The molecule has 0 amide bonds. The van der Waals surface area contributed by atoms with E-state index in [0.717, 1.165) is 18.4 Å². The van der Waals surface area contributed by atoms with Crippen molar-refractivity contribution in [2.24, 2.45) is 5.92 Å². The van der Waals surface area contributed by atoms with Crippen molar-refractivity contribution in [3.05, 3.63) is 23.8 Å². The Kier molecular flexibility index (Phi) is 3.36. The van der Waals surface area contributed by atoms with Crippen LogP contribution >= 0.6 is 11.6 Å². The maximum atomic E-state index is 9.68. The lowest BCUT2D eigenvalue weighted by molar-refractivity contribution is 0.120. The van der Waals surface area contributed by atoms with Crippen molar-refractivity contribution in [2.45, 2.75) is 25.9 Å². The summed E-state index contributed by atoms with van der Waals surface area (Å²) in [6.07, 6.45) is 3.54. The maximum Gasteiger partial charge on any atom is 0.0645 e. The number of aliphatic hydroxyl groups is 1. The molecule has 1 rings (SSSR count). The van der Waals surface area contributed by atoms with Gasteiger partial charge in [0.05, 0.1) is 6.10 Å². The van der Waals surface area contributed by atoms with Gasteiger partial charge >= 0.3 is 0 Å². The number of allylic oxidation sites excluding steroid dienone is 1. The Morgan fingerprint density at radius 1 is 1.83 bits per heavy atom. The second kappa shape index (κ2) is 4.11. The lowest BCUT2D eigenvalue weighted by Gasteiger charge is -2.27. The van der Waals surface area contributed by atoms with Crippen LogP contribution in [0.25, 0.3) is 0 Å². The lowest BCUT2D eigenvalue weighted by atomic mass is 9.83. The van der Waals surface area contributed by atoms with Crippen molar-refractivity contribution in [2.75, 3.05) is 5.88 Å². The summed E-state index contributed by atoms with van der Waals surface area (Å²) in [5.41, 5.74) is 2.22. The zero-order chi connectivity index (χ0) is 9.14. The predicted molar refractivity (Wildman–Crippen MR) is 52.3 cm³/mol. The third-order valence-electron chi connectivity index (χ3n) is 2.41. The molecule has 0 fully saturated rings. The largest absolute Gasteiger partial charge is 0.392 e. The second-order valence-electron chi connectivity index (χ2n) is 3.46. The van der Waals surface area contributed by atoms with Crippen LogP contribution in [0.4, 0.5) is 0 Å². The van der Waals surface area contributed by atoms with Crippen LogP contribution in [0.1, 0.15) is 19.8 Å². The van der Waals surface area contributed by atoms with Gasteiger partial charge in [-0.1, -0.05) is 23.8 Å². The summed E-state index contributed by atoms with van der Waals surface area (Å²) >= 11 is 5.66. The molecule has 68 valence electrons. The van der Waals surface area contributed by atoms with Crippen LogP contribution in [-0.4, -0.2) is 17.1 Å². The fourth-order valence-electron chi connectivity index (χ4n) is 1.58. The summed E-state index contributed by atoms with van der Waals surface area (Å²) in [7, 11) is 0. The average molecular weight is 187 g/mol. The topological polar surface area (TPSA) is 20.2 Å². The SMILES string of the molecule is C=C(CCl)C1CC=C(C)CC1O. The summed E-state index contributed by atoms with van der Waals surface area (Å²) < 4.78 is 0. The van der Waals surface area contributed by atoms with Gasteiger partial charge in [-0.05, 0) is 19.8 Å². The van der Waals surface area contributed by atoms with Gasteiger partial charge in [0.25, 0.3) is 0 Å². The molecule has 1 nitrogen and oxygen atoms in total. The van der Waals surface area contributed by atoms with Gasteiger partial charge in [-0.3, -0.25) is 0 Å². The van der Waals surface area contributed by atoms with Crippen LogP contribution in [0.5, 0.6) is 0 Å². The molecule has 12 heavy (non-hydrogen) atoms. The molecule has 2 unspecified atom stereocenters. The van der Waals surface area contributed by atoms with Crippen molar-refractivity contribution in [3.8, 4) is 0 Å². The molecule has 0 aromatic rings. The number of aliphatic hydroxyl groups excluding tert-OH is 1. The van der Waals surface area contributed by atoms with Gasteiger partial charge in [0, 0.05) is 11.8 Å². The van der Waals surface area contributed by atoms with Gasteiger partial charge in [-0.25, -0.2) is 0 Å².